The first-order valence-corrected chi connectivity index (χ1v) is 10.3. The van der Waals surface area contributed by atoms with Crippen LogP contribution in [-0.2, 0) is 4.79 Å². The van der Waals surface area contributed by atoms with Crippen LogP contribution in [0.2, 0.25) is 0 Å². The lowest BCUT2D eigenvalue weighted by atomic mass is 10.1. The molecule has 1 aliphatic heterocycles. The Kier molecular flexibility index (Phi) is 5.15. The molecule has 0 bridgehead atoms. The minimum Gasteiger partial charge on any atom is -0.311 e. The van der Waals surface area contributed by atoms with Gasteiger partial charge in [-0.15, -0.1) is 10.2 Å². The van der Waals surface area contributed by atoms with E-state index in [1.54, 1.807) is 6.07 Å². The molecule has 1 N–H and O–H groups in total. The van der Waals surface area contributed by atoms with Crippen LogP contribution in [0, 0.1) is 20.8 Å². The number of aryl methyl sites for hydroxylation is 3. The summed E-state index contributed by atoms with van der Waals surface area (Å²) in [6, 6.07) is 13.5. The Hall–Kier alpha value is -3.06. The number of carbonyl (C=O) groups excluding carboxylic acids is 2. The van der Waals surface area contributed by atoms with Gasteiger partial charge >= 0.3 is 0 Å². The van der Waals surface area contributed by atoms with Crippen LogP contribution in [0.15, 0.2) is 42.5 Å². The second-order valence-electron chi connectivity index (χ2n) is 7.39. The predicted molar refractivity (Wildman–Crippen MR) is 115 cm³/mol. The first kappa shape index (κ1) is 19.3. The average molecular weight is 407 g/mol. The van der Waals surface area contributed by atoms with Crippen LogP contribution in [0.4, 0.5) is 10.8 Å². The maximum absolute atomic E-state index is 12.6. The maximum Gasteiger partial charge on any atom is 0.257 e. The molecule has 29 heavy (non-hydrogen) atoms. The third-order valence-corrected chi connectivity index (χ3v) is 6.31. The van der Waals surface area contributed by atoms with E-state index in [0.29, 0.717) is 23.7 Å². The Morgan fingerprint density at radius 2 is 1.86 bits per heavy atom. The van der Waals surface area contributed by atoms with Crippen molar-refractivity contribution >= 4 is 34.0 Å². The van der Waals surface area contributed by atoms with Crippen molar-refractivity contribution in [1.29, 1.82) is 0 Å². The van der Waals surface area contributed by atoms with Crippen LogP contribution in [0.1, 0.15) is 44.4 Å². The van der Waals surface area contributed by atoms with Crippen molar-refractivity contribution < 1.29 is 9.59 Å². The third kappa shape index (κ3) is 3.91. The molecule has 6 nitrogen and oxygen atoms in total. The fourth-order valence-corrected chi connectivity index (χ4v) is 4.30. The number of rotatable bonds is 4. The highest BCUT2D eigenvalue weighted by molar-refractivity contribution is 7.15. The molecule has 0 aliphatic carbocycles. The molecule has 2 aromatic carbocycles. The van der Waals surface area contributed by atoms with Crippen LogP contribution in [0.5, 0.6) is 0 Å². The number of hydrogen-bond donors (Lipinski definition) is 1. The molecule has 148 valence electrons. The molecule has 1 atom stereocenters. The van der Waals surface area contributed by atoms with E-state index >= 15 is 0 Å². The van der Waals surface area contributed by atoms with Gasteiger partial charge in [0, 0.05) is 30.1 Å². The molecule has 4 rings (SSSR count). The number of para-hydroxylation sites is 1. The number of nitrogens with one attached hydrogen (secondary N) is 1. The molecule has 0 radical (unpaired) electrons. The fraction of sp³-hybridized carbons (Fsp3) is 0.273. The first-order valence-electron chi connectivity index (χ1n) is 9.50. The number of aromatic nitrogens is 2. The van der Waals surface area contributed by atoms with E-state index in [9.17, 15) is 9.59 Å². The lowest BCUT2D eigenvalue weighted by Gasteiger charge is -2.18. The smallest absolute Gasteiger partial charge is 0.257 e. The van der Waals surface area contributed by atoms with Gasteiger partial charge in [0.25, 0.3) is 5.91 Å². The summed E-state index contributed by atoms with van der Waals surface area (Å²) in [4.78, 5) is 26.9. The molecule has 3 aromatic rings. The zero-order valence-electron chi connectivity index (χ0n) is 16.6. The van der Waals surface area contributed by atoms with Gasteiger partial charge in [-0.25, -0.2) is 0 Å². The number of anilines is 2. The van der Waals surface area contributed by atoms with Crippen LogP contribution in [0.3, 0.4) is 0 Å². The molecular weight excluding hydrogens is 384 g/mol. The Morgan fingerprint density at radius 1 is 1.07 bits per heavy atom. The van der Waals surface area contributed by atoms with Crippen LogP contribution >= 0.6 is 11.3 Å². The van der Waals surface area contributed by atoms with E-state index in [1.165, 1.54) is 11.3 Å². The summed E-state index contributed by atoms with van der Waals surface area (Å²) in [7, 11) is 0. The lowest BCUT2D eigenvalue weighted by Crippen LogP contribution is -2.25. The molecular formula is C22H22N4O2S. The van der Waals surface area contributed by atoms with E-state index in [2.05, 4.69) is 15.5 Å². The number of carbonyl (C=O) groups is 2. The van der Waals surface area contributed by atoms with Gasteiger partial charge in [-0.05, 0) is 55.7 Å². The predicted octanol–water partition coefficient (Wildman–Crippen LogP) is 4.24. The van der Waals surface area contributed by atoms with Gasteiger partial charge in [0.2, 0.25) is 11.0 Å². The number of hydrogen-bond acceptors (Lipinski definition) is 5. The lowest BCUT2D eigenvalue weighted by molar-refractivity contribution is -0.117. The normalized spacial score (nSPS) is 16.3. The molecule has 1 aliphatic rings. The molecule has 2 amide bonds. The monoisotopic (exact) mass is 406 g/mol. The summed E-state index contributed by atoms with van der Waals surface area (Å²) < 4.78 is 0. The first-order chi connectivity index (χ1) is 13.9. The summed E-state index contributed by atoms with van der Waals surface area (Å²) in [5.41, 5.74) is 4.81. The maximum atomic E-state index is 12.6. The molecule has 0 unspecified atom stereocenters. The molecule has 7 heteroatoms. The minimum atomic E-state index is -0.208. The van der Waals surface area contributed by atoms with E-state index in [4.69, 9.17) is 0 Å². The Morgan fingerprint density at radius 3 is 2.62 bits per heavy atom. The highest BCUT2D eigenvalue weighted by atomic mass is 32.1. The number of nitrogens with zero attached hydrogens (tertiary/aromatic N) is 3. The van der Waals surface area contributed by atoms with Gasteiger partial charge in [0.1, 0.15) is 5.01 Å². The summed E-state index contributed by atoms with van der Waals surface area (Å²) >= 11 is 1.33. The largest absolute Gasteiger partial charge is 0.311 e. The standard InChI is InChI=1S/C22H22N4O2S/c1-13-8-9-16(10-15(13)3)20(28)23-22-25-24-21(29-22)17-11-19(27)26(12-17)18-7-5-4-6-14(18)2/h4-10,17H,11-12H2,1-3H3,(H,23,25,28)/t17-/m0/s1. The van der Waals surface area contributed by atoms with Crippen molar-refractivity contribution in [3.63, 3.8) is 0 Å². The van der Waals surface area contributed by atoms with Gasteiger partial charge in [-0.2, -0.15) is 0 Å². The van der Waals surface area contributed by atoms with Gasteiger partial charge in [-0.3, -0.25) is 14.9 Å². The Labute approximate surface area is 173 Å². The summed E-state index contributed by atoms with van der Waals surface area (Å²) in [6.07, 6.45) is 0.397. The van der Waals surface area contributed by atoms with E-state index in [-0.39, 0.29) is 17.7 Å². The minimum absolute atomic E-state index is 0.0214. The average Bonchev–Trinajstić information content (AvgIpc) is 3.31. The molecule has 1 aromatic heterocycles. The summed E-state index contributed by atoms with van der Waals surface area (Å²) in [5.74, 6) is -0.146. The van der Waals surface area contributed by atoms with Crippen molar-refractivity contribution in [2.45, 2.75) is 33.1 Å². The zero-order chi connectivity index (χ0) is 20.5. The second kappa shape index (κ2) is 7.75. The van der Waals surface area contributed by atoms with Crippen LogP contribution in [-0.4, -0.2) is 28.6 Å². The molecule has 0 spiro atoms. The molecule has 0 saturated carbocycles. The van der Waals surface area contributed by atoms with Crippen molar-refractivity contribution in [3.8, 4) is 0 Å². The number of amides is 2. The van der Waals surface area contributed by atoms with Gasteiger partial charge in [0.05, 0.1) is 0 Å². The summed E-state index contributed by atoms with van der Waals surface area (Å²) in [6.45, 7) is 6.56. The van der Waals surface area contributed by atoms with E-state index < -0.39 is 0 Å². The van der Waals surface area contributed by atoms with E-state index in [0.717, 1.165) is 27.4 Å². The van der Waals surface area contributed by atoms with Crippen LogP contribution < -0.4 is 10.2 Å². The van der Waals surface area contributed by atoms with Gasteiger partial charge < -0.3 is 4.90 Å². The zero-order valence-corrected chi connectivity index (χ0v) is 17.4. The number of benzene rings is 2. The van der Waals surface area contributed by atoms with Crippen molar-refractivity contribution in [2.75, 3.05) is 16.8 Å². The highest BCUT2D eigenvalue weighted by Gasteiger charge is 2.34. The second-order valence-corrected chi connectivity index (χ2v) is 8.40. The Balaban J connectivity index is 1.46. The highest BCUT2D eigenvalue weighted by Crippen LogP contribution is 2.35. The fourth-order valence-electron chi connectivity index (χ4n) is 3.47. The molecule has 1 saturated heterocycles. The van der Waals surface area contributed by atoms with Gasteiger partial charge in [-0.1, -0.05) is 35.6 Å². The van der Waals surface area contributed by atoms with Crippen molar-refractivity contribution in [1.82, 2.24) is 10.2 Å². The van der Waals surface area contributed by atoms with Crippen molar-refractivity contribution in [2.24, 2.45) is 0 Å². The molecule has 2 heterocycles. The summed E-state index contributed by atoms with van der Waals surface area (Å²) in [5, 5.41) is 12.4. The van der Waals surface area contributed by atoms with Gasteiger partial charge in [0.15, 0.2) is 0 Å². The SMILES string of the molecule is Cc1ccc(C(=O)Nc2nnc([C@H]3CC(=O)N(c4ccccc4C)C3)s2)cc1C. The molecule has 1 fully saturated rings. The van der Waals surface area contributed by atoms with Crippen LogP contribution in [0.25, 0.3) is 0 Å². The van der Waals surface area contributed by atoms with E-state index in [1.807, 2.05) is 62.1 Å². The topological polar surface area (TPSA) is 75.2 Å². The third-order valence-electron chi connectivity index (χ3n) is 5.31. The quantitative estimate of drug-likeness (QED) is 0.703. The van der Waals surface area contributed by atoms with Crippen molar-refractivity contribution in [3.05, 3.63) is 69.7 Å². The Bertz CT molecular complexity index is 1090.